The summed E-state index contributed by atoms with van der Waals surface area (Å²) in [5, 5.41) is 0.742. The number of benzene rings is 1. The van der Waals surface area contributed by atoms with E-state index in [-0.39, 0.29) is 11.5 Å². The number of ketones is 1. The minimum absolute atomic E-state index is 0.108. The molecular weight excluding hydrogens is 260 g/mol. The lowest BCUT2D eigenvalue weighted by molar-refractivity contribution is -0.171. The van der Waals surface area contributed by atoms with Crippen LogP contribution in [0.3, 0.4) is 0 Å². The van der Waals surface area contributed by atoms with Crippen molar-refractivity contribution in [3.63, 3.8) is 0 Å². The third-order valence-electron chi connectivity index (χ3n) is 4.69. The molecule has 0 heterocycles. The molecule has 1 atom stereocenters. The Bertz CT molecular complexity index is 477. The molecule has 19 heavy (non-hydrogen) atoms. The topological polar surface area (TPSA) is 26.3 Å². The van der Waals surface area contributed by atoms with Crippen molar-refractivity contribution in [1.82, 2.24) is 0 Å². The molecule has 1 spiro atoms. The second-order valence-electron chi connectivity index (χ2n) is 5.74. The van der Waals surface area contributed by atoms with Gasteiger partial charge in [-0.3, -0.25) is 4.79 Å². The summed E-state index contributed by atoms with van der Waals surface area (Å²) in [7, 11) is 0. The van der Waals surface area contributed by atoms with E-state index < -0.39 is 0 Å². The smallest absolute Gasteiger partial charge is 0.144 e. The van der Waals surface area contributed by atoms with Gasteiger partial charge >= 0.3 is 0 Å². The summed E-state index contributed by atoms with van der Waals surface area (Å²) < 4.78 is 6.00. The van der Waals surface area contributed by atoms with Gasteiger partial charge in [0.05, 0.1) is 18.1 Å². The van der Waals surface area contributed by atoms with Gasteiger partial charge in [0.1, 0.15) is 5.78 Å². The van der Waals surface area contributed by atoms with E-state index in [0.717, 1.165) is 36.3 Å². The first-order valence-corrected chi connectivity index (χ1v) is 7.48. The highest BCUT2D eigenvalue weighted by Crippen LogP contribution is 2.50. The number of halogens is 1. The molecule has 2 aliphatic carbocycles. The summed E-state index contributed by atoms with van der Waals surface area (Å²) in [5.41, 5.74) is 0.856. The molecule has 0 saturated heterocycles. The Kier molecular flexibility index (Phi) is 3.64. The maximum absolute atomic E-state index is 12.0. The van der Waals surface area contributed by atoms with Crippen LogP contribution in [0.2, 0.25) is 5.02 Å². The first kappa shape index (κ1) is 13.1. The Morgan fingerprint density at radius 3 is 2.63 bits per heavy atom. The fourth-order valence-corrected chi connectivity index (χ4v) is 3.61. The van der Waals surface area contributed by atoms with E-state index in [9.17, 15) is 4.79 Å². The fraction of sp³-hybridized carbons (Fsp3) is 0.562. The maximum atomic E-state index is 12.0. The van der Waals surface area contributed by atoms with Crippen LogP contribution in [0.15, 0.2) is 24.3 Å². The van der Waals surface area contributed by atoms with Gasteiger partial charge in [-0.2, -0.15) is 0 Å². The van der Waals surface area contributed by atoms with E-state index in [4.69, 9.17) is 16.3 Å². The van der Waals surface area contributed by atoms with Crippen LogP contribution in [0.25, 0.3) is 0 Å². The molecule has 0 aliphatic heterocycles. The highest BCUT2D eigenvalue weighted by molar-refractivity contribution is 6.31. The Labute approximate surface area is 119 Å². The highest BCUT2D eigenvalue weighted by Gasteiger charge is 2.55. The molecule has 0 N–H and O–H groups in total. The van der Waals surface area contributed by atoms with Crippen LogP contribution >= 0.6 is 11.6 Å². The number of hydrogen-bond donors (Lipinski definition) is 0. The van der Waals surface area contributed by atoms with Crippen LogP contribution in [-0.2, 0) is 16.1 Å². The number of rotatable bonds is 3. The molecule has 3 heteroatoms. The molecule has 0 radical (unpaired) electrons. The normalized spacial score (nSPS) is 25.3. The molecular formula is C16H19ClO2. The van der Waals surface area contributed by atoms with E-state index in [1.807, 2.05) is 24.3 Å². The molecule has 2 fully saturated rings. The highest BCUT2D eigenvalue weighted by atomic mass is 35.5. The monoisotopic (exact) mass is 278 g/mol. The summed E-state index contributed by atoms with van der Waals surface area (Å²) in [6, 6.07) is 7.74. The van der Waals surface area contributed by atoms with Crippen LogP contribution < -0.4 is 0 Å². The van der Waals surface area contributed by atoms with Crippen molar-refractivity contribution >= 4 is 17.4 Å². The molecule has 2 aliphatic rings. The third-order valence-corrected chi connectivity index (χ3v) is 5.05. The van der Waals surface area contributed by atoms with Gasteiger partial charge in [-0.25, -0.2) is 0 Å². The van der Waals surface area contributed by atoms with Crippen LogP contribution in [0.1, 0.15) is 44.1 Å². The van der Waals surface area contributed by atoms with Gasteiger partial charge in [-0.15, -0.1) is 0 Å². The van der Waals surface area contributed by atoms with E-state index in [1.54, 1.807) is 0 Å². The van der Waals surface area contributed by atoms with Gasteiger partial charge in [-0.05, 0) is 24.5 Å². The van der Waals surface area contributed by atoms with Crippen LogP contribution in [0, 0.1) is 5.41 Å². The number of ether oxygens (including phenoxy) is 1. The first-order valence-electron chi connectivity index (χ1n) is 7.11. The van der Waals surface area contributed by atoms with Gasteiger partial charge in [0, 0.05) is 11.4 Å². The molecule has 1 aromatic rings. The average molecular weight is 279 g/mol. The number of carbonyl (C=O) groups is 1. The number of carbonyl (C=O) groups excluding carboxylic acids is 1. The van der Waals surface area contributed by atoms with Gasteiger partial charge in [0.2, 0.25) is 0 Å². The SMILES string of the molecule is O=C1CC(OCc2ccccc2Cl)C12CCCCC2. The fourth-order valence-electron chi connectivity index (χ4n) is 3.42. The zero-order valence-corrected chi connectivity index (χ0v) is 11.8. The van der Waals surface area contributed by atoms with E-state index >= 15 is 0 Å². The van der Waals surface area contributed by atoms with Crippen molar-refractivity contribution in [1.29, 1.82) is 0 Å². The quantitative estimate of drug-likeness (QED) is 0.830. The van der Waals surface area contributed by atoms with Crippen LogP contribution in [0.5, 0.6) is 0 Å². The van der Waals surface area contributed by atoms with Crippen molar-refractivity contribution in [3.05, 3.63) is 34.9 Å². The number of hydrogen-bond acceptors (Lipinski definition) is 2. The largest absolute Gasteiger partial charge is 0.372 e. The Morgan fingerprint density at radius 2 is 1.95 bits per heavy atom. The Balaban J connectivity index is 1.64. The lowest BCUT2D eigenvalue weighted by Gasteiger charge is -2.49. The lowest BCUT2D eigenvalue weighted by Crippen LogP contribution is -2.56. The minimum Gasteiger partial charge on any atom is -0.372 e. The summed E-state index contributed by atoms with van der Waals surface area (Å²) >= 11 is 6.13. The molecule has 1 aromatic carbocycles. The van der Waals surface area contributed by atoms with Crippen molar-refractivity contribution < 1.29 is 9.53 Å². The number of Topliss-reactive ketones (excluding diaryl/α,β-unsaturated/α-hetero) is 1. The zero-order chi connectivity index (χ0) is 13.3. The second kappa shape index (κ2) is 5.26. The lowest BCUT2D eigenvalue weighted by atomic mass is 9.57. The molecule has 3 rings (SSSR count). The molecule has 2 saturated carbocycles. The first-order chi connectivity index (χ1) is 9.22. The summed E-state index contributed by atoms with van der Waals surface area (Å²) in [6.07, 6.45) is 6.31. The van der Waals surface area contributed by atoms with Crippen molar-refractivity contribution in [3.8, 4) is 0 Å². The standard InChI is InChI=1S/C16H19ClO2/c17-13-7-3-2-6-12(13)11-19-15-10-14(18)16(15)8-4-1-5-9-16/h2-3,6-7,15H,1,4-5,8-11H2. The maximum Gasteiger partial charge on any atom is 0.144 e. The predicted octanol–water partition coefficient (Wildman–Crippen LogP) is 4.15. The van der Waals surface area contributed by atoms with E-state index in [2.05, 4.69) is 0 Å². The van der Waals surface area contributed by atoms with Gasteiger partial charge in [0.15, 0.2) is 0 Å². The van der Waals surface area contributed by atoms with Crippen molar-refractivity contribution in [2.45, 2.75) is 51.2 Å². The minimum atomic E-state index is -0.153. The van der Waals surface area contributed by atoms with Crippen LogP contribution in [-0.4, -0.2) is 11.9 Å². The van der Waals surface area contributed by atoms with Gasteiger partial charge < -0.3 is 4.74 Å². The summed E-state index contributed by atoms with van der Waals surface area (Å²) in [6.45, 7) is 0.513. The Hall–Kier alpha value is -0.860. The Morgan fingerprint density at radius 1 is 1.21 bits per heavy atom. The summed E-state index contributed by atoms with van der Waals surface area (Å²) in [4.78, 5) is 12.0. The molecule has 1 unspecified atom stereocenters. The molecule has 0 bridgehead atoms. The van der Waals surface area contributed by atoms with Crippen LogP contribution in [0.4, 0.5) is 0 Å². The predicted molar refractivity (Wildman–Crippen MR) is 75.2 cm³/mol. The second-order valence-corrected chi connectivity index (χ2v) is 6.14. The average Bonchev–Trinajstić information content (AvgIpc) is 2.46. The molecule has 102 valence electrons. The summed E-state index contributed by atoms with van der Waals surface area (Å²) in [5.74, 6) is 0.413. The molecule has 0 amide bonds. The third kappa shape index (κ3) is 2.32. The van der Waals surface area contributed by atoms with Crippen molar-refractivity contribution in [2.24, 2.45) is 5.41 Å². The zero-order valence-electron chi connectivity index (χ0n) is 11.0. The van der Waals surface area contributed by atoms with Gasteiger partial charge in [0.25, 0.3) is 0 Å². The van der Waals surface area contributed by atoms with E-state index in [0.29, 0.717) is 18.8 Å². The molecule has 2 nitrogen and oxygen atoms in total. The van der Waals surface area contributed by atoms with E-state index in [1.165, 1.54) is 6.42 Å². The molecule has 0 aromatic heterocycles. The van der Waals surface area contributed by atoms with Crippen molar-refractivity contribution in [2.75, 3.05) is 0 Å². The van der Waals surface area contributed by atoms with Gasteiger partial charge in [-0.1, -0.05) is 49.1 Å².